The van der Waals surface area contributed by atoms with Gasteiger partial charge >= 0.3 is 5.56 Å². The van der Waals surface area contributed by atoms with Gasteiger partial charge in [0.05, 0.1) is 17.8 Å². The summed E-state index contributed by atoms with van der Waals surface area (Å²) in [5.74, 6) is 0. The Morgan fingerprint density at radius 2 is 1.53 bits per heavy atom. The van der Waals surface area contributed by atoms with Crippen molar-refractivity contribution in [2.45, 2.75) is 0 Å². The minimum atomic E-state index is -0.405. The van der Waals surface area contributed by atoms with E-state index < -0.39 is 5.56 Å². The van der Waals surface area contributed by atoms with Gasteiger partial charge < -0.3 is 0 Å². The number of nitriles is 1. The minimum absolute atomic E-state index is 0.152. The topological polar surface area (TPSA) is 96.8 Å². The zero-order chi connectivity index (χ0) is 22.1. The lowest BCUT2D eigenvalue weighted by atomic mass is 9.97. The molecule has 0 fully saturated rings. The van der Waals surface area contributed by atoms with Gasteiger partial charge in [-0.25, -0.2) is 0 Å². The Morgan fingerprint density at radius 1 is 0.844 bits per heavy atom. The smallest absolute Gasteiger partial charge is 0.265 e. The molecule has 0 aliphatic rings. The molecule has 5 aromatic rings. The Labute approximate surface area is 187 Å². The normalized spacial score (nSPS) is 10.8. The van der Waals surface area contributed by atoms with Crippen molar-refractivity contribution in [3.8, 4) is 39.6 Å². The van der Waals surface area contributed by atoms with Crippen molar-refractivity contribution in [1.82, 2.24) is 24.8 Å². The molecule has 0 aliphatic heterocycles. The predicted octanol–water partition coefficient (Wildman–Crippen LogP) is 4.41. The van der Waals surface area contributed by atoms with Crippen molar-refractivity contribution >= 4 is 17.2 Å². The van der Waals surface area contributed by atoms with E-state index in [9.17, 15) is 4.79 Å². The summed E-state index contributed by atoms with van der Waals surface area (Å²) in [4.78, 5) is 17.4. The van der Waals surface area contributed by atoms with Crippen molar-refractivity contribution in [2.75, 3.05) is 0 Å². The first-order valence-corrected chi connectivity index (χ1v) is 9.99. The quantitative estimate of drug-likeness (QED) is 0.415. The highest BCUT2D eigenvalue weighted by molar-refractivity contribution is 6.30. The van der Waals surface area contributed by atoms with Crippen LogP contribution in [0.5, 0.6) is 0 Å². The Morgan fingerprint density at radius 3 is 2.22 bits per heavy atom. The lowest BCUT2D eigenvalue weighted by Crippen LogP contribution is -2.22. The van der Waals surface area contributed by atoms with Gasteiger partial charge in [-0.3, -0.25) is 9.78 Å². The van der Waals surface area contributed by atoms with Crippen LogP contribution < -0.4 is 5.56 Å². The van der Waals surface area contributed by atoms with Crippen LogP contribution in [0.1, 0.15) is 5.56 Å². The summed E-state index contributed by atoms with van der Waals surface area (Å²) in [6, 6.07) is 19.7. The van der Waals surface area contributed by atoms with Crippen LogP contribution in [0.2, 0.25) is 5.02 Å². The van der Waals surface area contributed by atoms with Gasteiger partial charge in [-0.05, 0) is 47.5 Å². The van der Waals surface area contributed by atoms with Crippen molar-refractivity contribution in [3.63, 3.8) is 0 Å². The number of pyridine rings is 1. The molecule has 2 aromatic carbocycles. The van der Waals surface area contributed by atoms with E-state index in [2.05, 4.69) is 26.3 Å². The fraction of sp³-hybridized carbons (Fsp3) is 0. The molecule has 0 unspecified atom stereocenters. The summed E-state index contributed by atoms with van der Waals surface area (Å²) < 4.78 is 1.25. The van der Waals surface area contributed by atoms with Crippen molar-refractivity contribution in [3.05, 3.63) is 100 Å². The van der Waals surface area contributed by atoms with Crippen LogP contribution in [0.25, 0.3) is 39.2 Å². The number of halogens is 1. The first-order chi connectivity index (χ1) is 15.7. The third-order valence-corrected chi connectivity index (χ3v) is 5.30. The summed E-state index contributed by atoms with van der Waals surface area (Å²) in [5, 5.41) is 22.6. The monoisotopic (exact) mass is 436 g/mol. The number of nitrogens with zero attached hydrogens (tertiary/aromatic N) is 6. The van der Waals surface area contributed by atoms with Crippen LogP contribution in [0.4, 0.5) is 0 Å². The Kier molecular flexibility index (Phi) is 4.90. The summed E-state index contributed by atoms with van der Waals surface area (Å²) in [6.45, 7) is 0. The van der Waals surface area contributed by atoms with E-state index in [1.807, 2.05) is 24.3 Å². The summed E-state index contributed by atoms with van der Waals surface area (Å²) in [7, 11) is 0. The van der Waals surface area contributed by atoms with E-state index in [0.717, 1.165) is 16.7 Å². The van der Waals surface area contributed by atoms with Gasteiger partial charge in [0.2, 0.25) is 0 Å². The standard InChI is InChI=1S/C24H13ClN6O/c25-19-7-5-16(6-8-19)20-14-28-31-23(21(20)17-9-11-27-12-10-17)30-29-22(24(31)32)18-3-1-15(13-26)2-4-18/h1-12,14H. The first-order valence-electron chi connectivity index (χ1n) is 9.61. The van der Waals surface area contributed by atoms with Gasteiger partial charge in [0, 0.05) is 34.1 Å². The maximum Gasteiger partial charge on any atom is 0.301 e. The minimum Gasteiger partial charge on any atom is -0.265 e. The van der Waals surface area contributed by atoms with Crippen LogP contribution in [-0.4, -0.2) is 24.8 Å². The van der Waals surface area contributed by atoms with Gasteiger partial charge in [-0.2, -0.15) is 14.9 Å². The van der Waals surface area contributed by atoms with E-state index in [1.54, 1.807) is 55.0 Å². The Hall–Kier alpha value is -4.41. The molecule has 3 aromatic heterocycles. The van der Waals surface area contributed by atoms with Gasteiger partial charge in [-0.15, -0.1) is 10.2 Å². The molecule has 3 heterocycles. The maximum absolute atomic E-state index is 13.3. The molecule has 0 aliphatic carbocycles. The molecule has 0 bridgehead atoms. The van der Waals surface area contributed by atoms with Crippen molar-refractivity contribution < 1.29 is 0 Å². The molecular formula is C24H13ClN6O. The predicted molar refractivity (Wildman–Crippen MR) is 121 cm³/mol. The van der Waals surface area contributed by atoms with E-state index in [1.165, 1.54) is 4.52 Å². The average molecular weight is 437 g/mol. The number of fused-ring (bicyclic) bond motifs is 1. The number of benzene rings is 2. The zero-order valence-corrected chi connectivity index (χ0v) is 17.2. The molecule has 0 spiro atoms. The highest BCUT2D eigenvalue weighted by Crippen LogP contribution is 2.34. The number of hydrogen-bond acceptors (Lipinski definition) is 6. The average Bonchev–Trinajstić information content (AvgIpc) is 2.85. The van der Waals surface area contributed by atoms with Crippen LogP contribution in [-0.2, 0) is 0 Å². The largest absolute Gasteiger partial charge is 0.301 e. The fourth-order valence-corrected chi connectivity index (χ4v) is 3.60. The Balaban J connectivity index is 1.78. The molecule has 0 radical (unpaired) electrons. The van der Waals surface area contributed by atoms with Crippen LogP contribution >= 0.6 is 11.6 Å². The molecule has 0 N–H and O–H groups in total. The third-order valence-electron chi connectivity index (χ3n) is 5.05. The summed E-state index contributed by atoms with van der Waals surface area (Å²) >= 11 is 6.06. The molecule has 5 rings (SSSR count). The van der Waals surface area contributed by atoms with E-state index in [0.29, 0.717) is 27.4 Å². The van der Waals surface area contributed by atoms with Gasteiger partial charge in [-0.1, -0.05) is 35.9 Å². The molecule has 0 saturated carbocycles. The SMILES string of the molecule is N#Cc1ccc(-c2nnc3c(-c4ccncc4)c(-c4ccc(Cl)cc4)cnn3c2=O)cc1. The molecule has 0 amide bonds. The second kappa shape index (κ2) is 8.02. The lowest BCUT2D eigenvalue weighted by Gasteiger charge is -2.13. The molecular weight excluding hydrogens is 424 g/mol. The van der Waals surface area contributed by atoms with Gasteiger partial charge in [0.25, 0.3) is 0 Å². The number of rotatable bonds is 3. The summed E-state index contributed by atoms with van der Waals surface area (Å²) in [6.07, 6.45) is 4.99. The van der Waals surface area contributed by atoms with Crippen LogP contribution in [0.15, 0.2) is 84.0 Å². The Bertz CT molecular complexity index is 1540. The summed E-state index contributed by atoms with van der Waals surface area (Å²) in [5.41, 5.74) is 4.32. The molecule has 0 atom stereocenters. The second-order valence-corrected chi connectivity index (χ2v) is 7.39. The maximum atomic E-state index is 13.3. The molecule has 32 heavy (non-hydrogen) atoms. The van der Waals surface area contributed by atoms with Gasteiger partial charge in [0.15, 0.2) is 11.3 Å². The molecule has 152 valence electrons. The van der Waals surface area contributed by atoms with E-state index in [-0.39, 0.29) is 5.69 Å². The second-order valence-electron chi connectivity index (χ2n) is 6.95. The highest BCUT2D eigenvalue weighted by atomic mass is 35.5. The first kappa shape index (κ1) is 19.5. The van der Waals surface area contributed by atoms with Crippen LogP contribution in [0.3, 0.4) is 0 Å². The van der Waals surface area contributed by atoms with E-state index >= 15 is 0 Å². The molecule has 7 nitrogen and oxygen atoms in total. The van der Waals surface area contributed by atoms with E-state index in [4.69, 9.17) is 16.9 Å². The zero-order valence-electron chi connectivity index (χ0n) is 16.5. The lowest BCUT2D eigenvalue weighted by molar-refractivity contribution is 0.832. The highest BCUT2D eigenvalue weighted by Gasteiger charge is 2.18. The number of hydrogen-bond donors (Lipinski definition) is 0. The number of aromatic nitrogens is 5. The fourth-order valence-electron chi connectivity index (χ4n) is 3.48. The van der Waals surface area contributed by atoms with Crippen LogP contribution in [0, 0.1) is 11.3 Å². The molecule has 0 saturated heterocycles. The van der Waals surface area contributed by atoms with Crippen molar-refractivity contribution in [2.24, 2.45) is 0 Å². The van der Waals surface area contributed by atoms with Gasteiger partial charge in [0.1, 0.15) is 0 Å². The molecule has 8 heteroatoms. The van der Waals surface area contributed by atoms with Crippen molar-refractivity contribution in [1.29, 1.82) is 5.26 Å². The third kappa shape index (κ3) is 3.39.